The summed E-state index contributed by atoms with van der Waals surface area (Å²) in [5.74, 6) is 1.53. The molecule has 2 atom stereocenters. The van der Waals surface area contributed by atoms with E-state index in [9.17, 15) is 0 Å². The van der Waals surface area contributed by atoms with Crippen molar-refractivity contribution in [3.63, 3.8) is 0 Å². The quantitative estimate of drug-likeness (QED) is 0.752. The lowest BCUT2D eigenvalue weighted by atomic mass is 9.99. The zero-order valence-corrected chi connectivity index (χ0v) is 11.1. The standard InChI is InChI=1S/C13H28N2/c1-10(2)12(14-5)9-15-8-6-7-13(15)11(3)4/h10-14H,6-9H2,1-5H3. The first-order chi connectivity index (χ1) is 7.06. The summed E-state index contributed by atoms with van der Waals surface area (Å²) in [4.78, 5) is 2.69. The molecule has 0 aromatic carbocycles. The lowest BCUT2D eigenvalue weighted by Crippen LogP contribution is -2.45. The van der Waals surface area contributed by atoms with Gasteiger partial charge in [0.15, 0.2) is 0 Å². The number of nitrogens with zero attached hydrogens (tertiary/aromatic N) is 1. The zero-order chi connectivity index (χ0) is 11.4. The van der Waals surface area contributed by atoms with Crippen LogP contribution in [-0.2, 0) is 0 Å². The molecule has 90 valence electrons. The third kappa shape index (κ3) is 3.46. The Morgan fingerprint density at radius 3 is 2.40 bits per heavy atom. The molecule has 1 rings (SSSR count). The van der Waals surface area contributed by atoms with Gasteiger partial charge in [-0.25, -0.2) is 0 Å². The van der Waals surface area contributed by atoms with Crippen LogP contribution in [0.5, 0.6) is 0 Å². The summed E-state index contributed by atoms with van der Waals surface area (Å²) >= 11 is 0. The molecule has 0 aromatic rings. The molecule has 0 aliphatic carbocycles. The van der Waals surface area contributed by atoms with Gasteiger partial charge in [0.25, 0.3) is 0 Å². The van der Waals surface area contributed by atoms with E-state index in [-0.39, 0.29) is 0 Å². The second-order valence-corrected chi connectivity index (χ2v) is 5.59. The highest BCUT2D eigenvalue weighted by Gasteiger charge is 2.28. The Bertz CT molecular complexity index is 177. The van der Waals surface area contributed by atoms with Crippen LogP contribution in [-0.4, -0.2) is 37.1 Å². The number of hydrogen-bond acceptors (Lipinski definition) is 2. The molecule has 1 N–H and O–H groups in total. The minimum Gasteiger partial charge on any atom is -0.315 e. The molecule has 0 amide bonds. The molecule has 2 heteroatoms. The Kier molecular flexibility index (Phi) is 5.07. The van der Waals surface area contributed by atoms with Gasteiger partial charge in [-0.1, -0.05) is 27.7 Å². The maximum Gasteiger partial charge on any atom is 0.0215 e. The average molecular weight is 212 g/mol. The van der Waals surface area contributed by atoms with Crippen LogP contribution in [0, 0.1) is 11.8 Å². The molecule has 1 fully saturated rings. The lowest BCUT2D eigenvalue weighted by Gasteiger charge is -2.32. The van der Waals surface area contributed by atoms with Gasteiger partial charge in [-0.2, -0.15) is 0 Å². The maximum atomic E-state index is 3.45. The number of likely N-dealkylation sites (tertiary alicyclic amines) is 1. The van der Waals surface area contributed by atoms with Gasteiger partial charge in [0.05, 0.1) is 0 Å². The topological polar surface area (TPSA) is 15.3 Å². The Labute approximate surface area is 95.4 Å². The summed E-state index contributed by atoms with van der Waals surface area (Å²) in [5.41, 5.74) is 0. The molecule has 0 saturated carbocycles. The molecule has 0 aromatic heterocycles. The molecule has 1 heterocycles. The molecular weight excluding hydrogens is 184 g/mol. The fraction of sp³-hybridized carbons (Fsp3) is 1.00. The molecule has 0 bridgehead atoms. The summed E-state index contributed by atoms with van der Waals surface area (Å²) in [7, 11) is 2.09. The predicted octanol–water partition coefficient (Wildman–Crippen LogP) is 2.35. The first kappa shape index (κ1) is 13.0. The van der Waals surface area contributed by atoms with Gasteiger partial charge >= 0.3 is 0 Å². The molecule has 2 nitrogen and oxygen atoms in total. The lowest BCUT2D eigenvalue weighted by molar-refractivity contribution is 0.174. The summed E-state index contributed by atoms with van der Waals surface area (Å²) in [6, 6.07) is 1.46. The van der Waals surface area contributed by atoms with Crippen LogP contribution in [0.2, 0.25) is 0 Å². The van der Waals surface area contributed by atoms with E-state index in [2.05, 4.69) is 45.0 Å². The van der Waals surface area contributed by atoms with Gasteiger partial charge in [-0.05, 0) is 38.3 Å². The number of nitrogens with one attached hydrogen (secondary N) is 1. The van der Waals surface area contributed by atoms with Gasteiger partial charge in [0, 0.05) is 18.6 Å². The van der Waals surface area contributed by atoms with Crippen molar-refractivity contribution in [1.29, 1.82) is 0 Å². The first-order valence-corrected chi connectivity index (χ1v) is 6.47. The third-order valence-corrected chi connectivity index (χ3v) is 3.79. The third-order valence-electron chi connectivity index (χ3n) is 3.79. The van der Waals surface area contributed by atoms with E-state index in [1.54, 1.807) is 0 Å². The van der Waals surface area contributed by atoms with Crippen LogP contribution in [0.3, 0.4) is 0 Å². The first-order valence-electron chi connectivity index (χ1n) is 6.47. The van der Waals surface area contributed by atoms with Gasteiger partial charge in [-0.15, -0.1) is 0 Å². The van der Waals surface area contributed by atoms with Crippen molar-refractivity contribution in [1.82, 2.24) is 10.2 Å². The predicted molar refractivity (Wildman–Crippen MR) is 67.1 cm³/mol. The Morgan fingerprint density at radius 2 is 1.93 bits per heavy atom. The van der Waals surface area contributed by atoms with Gasteiger partial charge in [0.2, 0.25) is 0 Å². The van der Waals surface area contributed by atoms with Crippen LogP contribution < -0.4 is 5.32 Å². The van der Waals surface area contributed by atoms with Crippen molar-refractivity contribution in [2.75, 3.05) is 20.1 Å². The molecular formula is C13H28N2. The van der Waals surface area contributed by atoms with Crippen molar-refractivity contribution in [3.8, 4) is 0 Å². The summed E-state index contributed by atoms with van der Waals surface area (Å²) < 4.78 is 0. The number of rotatable bonds is 5. The van der Waals surface area contributed by atoms with Gasteiger partial charge < -0.3 is 5.32 Å². The molecule has 1 saturated heterocycles. The normalized spacial score (nSPS) is 25.4. The highest BCUT2D eigenvalue weighted by molar-refractivity contribution is 4.85. The fourth-order valence-corrected chi connectivity index (χ4v) is 2.72. The summed E-state index contributed by atoms with van der Waals surface area (Å²) in [5, 5.41) is 3.45. The summed E-state index contributed by atoms with van der Waals surface area (Å²) in [6.45, 7) is 11.8. The number of hydrogen-bond donors (Lipinski definition) is 1. The highest BCUT2D eigenvalue weighted by atomic mass is 15.2. The molecule has 2 unspecified atom stereocenters. The monoisotopic (exact) mass is 212 g/mol. The summed E-state index contributed by atoms with van der Waals surface area (Å²) in [6.07, 6.45) is 2.78. The van der Waals surface area contributed by atoms with Crippen molar-refractivity contribution in [3.05, 3.63) is 0 Å². The molecule has 1 aliphatic rings. The maximum absolute atomic E-state index is 3.45. The van der Waals surface area contributed by atoms with Crippen LogP contribution in [0.4, 0.5) is 0 Å². The van der Waals surface area contributed by atoms with Gasteiger partial charge in [0.1, 0.15) is 0 Å². The Morgan fingerprint density at radius 1 is 1.27 bits per heavy atom. The molecule has 1 aliphatic heterocycles. The van der Waals surface area contributed by atoms with Crippen LogP contribution in [0.1, 0.15) is 40.5 Å². The van der Waals surface area contributed by atoms with Crippen molar-refractivity contribution >= 4 is 0 Å². The van der Waals surface area contributed by atoms with E-state index in [0.717, 1.165) is 17.9 Å². The average Bonchev–Trinajstić information content (AvgIpc) is 2.61. The minimum absolute atomic E-state index is 0.643. The van der Waals surface area contributed by atoms with E-state index in [1.807, 2.05) is 0 Å². The van der Waals surface area contributed by atoms with Crippen molar-refractivity contribution in [2.45, 2.75) is 52.6 Å². The molecule has 15 heavy (non-hydrogen) atoms. The zero-order valence-electron chi connectivity index (χ0n) is 11.1. The van der Waals surface area contributed by atoms with Crippen LogP contribution in [0.15, 0.2) is 0 Å². The fourth-order valence-electron chi connectivity index (χ4n) is 2.72. The van der Waals surface area contributed by atoms with Crippen LogP contribution >= 0.6 is 0 Å². The van der Waals surface area contributed by atoms with E-state index < -0.39 is 0 Å². The largest absolute Gasteiger partial charge is 0.315 e. The SMILES string of the molecule is CNC(CN1CCCC1C(C)C)C(C)C. The van der Waals surface area contributed by atoms with E-state index in [0.29, 0.717) is 6.04 Å². The Balaban J connectivity index is 2.48. The Hall–Kier alpha value is -0.0800. The number of likely N-dealkylation sites (N-methyl/N-ethyl adjacent to an activating group) is 1. The van der Waals surface area contributed by atoms with Crippen LogP contribution in [0.25, 0.3) is 0 Å². The van der Waals surface area contributed by atoms with E-state index in [1.165, 1.54) is 25.9 Å². The second kappa shape index (κ2) is 5.86. The van der Waals surface area contributed by atoms with Gasteiger partial charge in [-0.3, -0.25) is 4.90 Å². The smallest absolute Gasteiger partial charge is 0.0215 e. The van der Waals surface area contributed by atoms with E-state index >= 15 is 0 Å². The molecule has 0 radical (unpaired) electrons. The minimum atomic E-state index is 0.643. The van der Waals surface area contributed by atoms with Crippen molar-refractivity contribution in [2.24, 2.45) is 11.8 Å². The molecule has 0 spiro atoms. The van der Waals surface area contributed by atoms with E-state index in [4.69, 9.17) is 0 Å². The second-order valence-electron chi connectivity index (χ2n) is 5.59. The highest BCUT2D eigenvalue weighted by Crippen LogP contribution is 2.24. The van der Waals surface area contributed by atoms with Crippen molar-refractivity contribution < 1.29 is 0 Å².